The van der Waals surface area contributed by atoms with Gasteiger partial charge in [-0.2, -0.15) is 4.31 Å². The van der Waals surface area contributed by atoms with Gasteiger partial charge in [0, 0.05) is 25.2 Å². The third-order valence-corrected chi connectivity index (χ3v) is 6.73. The maximum absolute atomic E-state index is 13.2. The van der Waals surface area contributed by atoms with E-state index in [1.54, 1.807) is 13.8 Å². The second kappa shape index (κ2) is 10.7. The van der Waals surface area contributed by atoms with Gasteiger partial charge in [-0.15, -0.1) is 0 Å². The summed E-state index contributed by atoms with van der Waals surface area (Å²) in [6.07, 6.45) is 0. The highest BCUT2D eigenvalue weighted by Crippen LogP contribution is 2.18. The summed E-state index contributed by atoms with van der Waals surface area (Å²) in [5.41, 5.74) is 0.606. The number of hydrogen-bond acceptors (Lipinski definition) is 4. The number of halogens is 2. The van der Waals surface area contributed by atoms with Gasteiger partial charge in [-0.3, -0.25) is 9.59 Å². The Morgan fingerprint density at radius 1 is 1.10 bits per heavy atom. The van der Waals surface area contributed by atoms with Crippen molar-refractivity contribution in [1.82, 2.24) is 14.5 Å². The van der Waals surface area contributed by atoms with Gasteiger partial charge in [-0.1, -0.05) is 23.7 Å². The Balaban J connectivity index is 2.25. The lowest BCUT2D eigenvalue weighted by Crippen LogP contribution is -2.50. The normalized spacial score (nSPS) is 12.5. The number of likely N-dealkylation sites (N-methyl/N-ethyl adjacent to an activating group) is 2. The van der Waals surface area contributed by atoms with Crippen LogP contribution < -0.4 is 5.32 Å². The molecule has 0 heterocycles. The van der Waals surface area contributed by atoms with Crippen molar-refractivity contribution in [3.05, 3.63) is 64.9 Å². The Morgan fingerprint density at radius 3 is 2.23 bits per heavy atom. The van der Waals surface area contributed by atoms with Crippen molar-refractivity contribution in [2.24, 2.45) is 0 Å². The van der Waals surface area contributed by atoms with Gasteiger partial charge in [0.2, 0.25) is 21.8 Å². The smallest absolute Gasteiger partial charge is 0.243 e. The van der Waals surface area contributed by atoms with Gasteiger partial charge in [0.25, 0.3) is 0 Å². The fourth-order valence-corrected chi connectivity index (χ4v) is 4.09. The van der Waals surface area contributed by atoms with Crippen molar-refractivity contribution in [2.75, 3.05) is 20.1 Å². The summed E-state index contributed by atoms with van der Waals surface area (Å²) in [5, 5.41) is 3.04. The minimum Gasteiger partial charge on any atom is -0.355 e. The van der Waals surface area contributed by atoms with Crippen molar-refractivity contribution in [2.45, 2.75) is 31.3 Å². The summed E-state index contributed by atoms with van der Waals surface area (Å²) >= 11 is 5.81. The topological polar surface area (TPSA) is 86.8 Å². The molecule has 1 unspecified atom stereocenters. The van der Waals surface area contributed by atoms with E-state index in [1.807, 2.05) is 0 Å². The van der Waals surface area contributed by atoms with Crippen molar-refractivity contribution >= 4 is 33.4 Å². The molecular weight excluding hydrogens is 445 g/mol. The average Bonchev–Trinajstić information content (AvgIpc) is 2.73. The van der Waals surface area contributed by atoms with E-state index in [-0.39, 0.29) is 17.3 Å². The van der Waals surface area contributed by atoms with Gasteiger partial charge in [0.05, 0.1) is 11.4 Å². The van der Waals surface area contributed by atoms with Crippen LogP contribution in [0, 0.1) is 5.82 Å². The monoisotopic (exact) mass is 469 g/mol. The molecule has 0 aliphatic rings. The highest BCUT2D eigenvalue weighted by atomic mass is 35.5. The average molecular weight is 470 g/mol. The molecule has 7 nitrogen and oxygen atoms in total. The van der Waals surface area contributed by atoms with E-state index in [0.717, 1.165) is 4.31 Å². The predicted molar refractivity (Wildman–Crippen MR) is 116 cm³/mol. The van der Waals surface area contributed by atoms with Crippen LogP contribution in [0.5, 0.6) is 0 Å². The fraction of sp³-hybridized carbons (Fsp3) is 0.333. The summed E-state index contributed by atoms with van der Waals surface area (Å²) in [4.78, 5) is 26.7. The molecule has 0 radical (unpaired) electrons. The molecular formula is C21H25ClFN3O4S. The molecule has 2 aromatic rings. The number of carbonyl (C=O) groups excluding carboxylic acids is 2. The van der Waals surface area contributed by atoms with Crippen molar-refractivity contribution in [3.63, 3.8) is 0 Å². The van der Waals surface area contributed by atoms with Crippen LogP contribution in [0.4, 0.5) is 4.39 Å². The zero-order valence-electron chi connectivity index (χ0n) is 17.5. The molecule has 0 bridgehead atoms. The Labute approximate surface area is 186 Å². The molecule has 31 heavy (non-hydrogen) atoms. The van der Waals surface area contributed by atoms with Gasteiger partial charge >= 0.3 is 0 Å². The number of amides is 2. The minimum atomic E-state index is -3.94. The second-order valence-corrected chi connectivity index (χ2v) is 9.41. The molecule has 0 aliphatic heterocycles. The van der Waals surface area contributed by atoms with E-state index in [1.165, 1.54) is 60.5 Å². The number of rotatable bonds is 9. The number of nitrogens with one attached hydrogen (secondary N) is 1. The maximum atomic E-state index is 13.2. The molecule has 2 aromatic carbocycles. The lowest BCUT2D eigenvalue weighted by molar-refractivity contribution is -0.140. The zero-order valence-corrected chi connectivity index (χ0v) is 19.1. The van der Waals surface area contributed by atoms with Crippen LogP contribution >= 0.6 is 11.6 Å². The highest BCUT2D eigenvalue weighted by Gasteiger charge is 2.30. The van der Waals surface area contributed by atoms with Gasteiger partial charge in [-0.05, 0) is 55.8 Å². The van der Waals surface area contributed by atoms with Crippen LogP contribution in [0.2, 0.25) is 5.02 Å². The summed E-state index contributed by atoms with van der Waals surface area (Å²) in [7, 11) is -2.66. The molecule has 0 spiro atoms. The van der Waals surface area contributed by atoms with Gasteiger partial charge < -0.3 is 10.2 Å². The highest BCUT2D eigenvalue weighted by molar-refractivity contribution is 7.89. The third kappa shape index (κ3) is 6.49. The molecule has 0 saturated heterocycles. The molecule has 1 N–H and O–H groups in total. The van der Waals surface area contributed by atoms with E-state index in [0.29, 0.717) is 17.1 Å². The molecule has 0 aromatic heterocycles. The van der Waals surface area contributed by atoms with Gasteiger partial charge in [0.1, 0.15) is 11.9 Å². The Morgan fingerprint density at radius 2 is 1.68 bits per heavy atom. The summed E-state index contributed by atoms with van der Waals surface area (Å²) in [6.45, 7) is 3.23. The first-order valence-electron chi connectivity index (χ1n) is 9.59. The fourth-order valence-electron chi connectivity index (χ4n) is 2.84. The number of sulfonamides is 1. The SMILES string of the molecule is CCNC(=O)C(C)N(Cc1ccc(F)cc1)C(=O)CN(C)S(=O)(=O)c1ccc(Cl)cc1. The quantitative estimate of drug-likeness (QED) is 0.611. The molecule has 0 saturated carbocycles. The van der Waals surface area contributed by atoms with E-state index in [4.69, 9.17) is 11.6 Å². The standard InChI is InChI=1S/C21H25ClFN3O4S/c1-4-24-21(28)15(2)26(13-16-5-9-18(23)10-6-16)20(27)14-25(3)31(29,30)19-11-7-17(22)8-12-19/h5-12,15H,4,13-14H2,1-3H3,(H,24,28). The van der Waals surface area contributed by atoms with Crippen LogP contribution in [-0.4, -0.2) is 55.6 Å². The van der Waals surface area contributed by atoms with Crippen LogP contribution in [0.25, 0.3) is 0 Å². The van der Waals surface area contributed by atoms with E-state index in [2.05, 4.69) is 5.32 Å². The maximum Gasteiger partial charge on any atom is 0.243 e. The van der Waals surface area contributed by atoms with Crippen LogP contribution in [0.3, 0.4) is 0 Å². The molecule has 168 valence electrons. The molecule has 10 heteroatoms. The van der Waals surface area contributed by atoms with Gasteiger partial charge in [-0.25, -0.2) is 12.8 Å². The van der Waals surface area contributed by atoms with Crippen molar-refractivity contribution in [1.29, 1.82) is 0 Å². The van der Waals surface area contributed by atoms with Crippen LogP contribution in [0.1, 0.15) is 19.4 Å². The molecule has 0 aliphatic carbocycles. The zero-order chi connectivity index (χ0) is 23.2. The third-order valence-electron chi connectivity index (χ3n) is 4.66. The van der Waals surface area contributed by atoms with Gasteiger partial charge in [0.15, 0.2) is 0 Å². The predicted octanol–water partition coefficient (Wildman–Crippen LogP) is 2.65. The second-order valence-electron chi connectivity index (χ2n) is 6.93. The summed E-state index contributed by atoms with van der Waals surface area (Å²) in [5.74, 6) is -1.36. The lowest BCUT2D eigenvalue weighted by atomic mass is 10.1. The van der Waals surface area contributed by atoms with Crippen LogP contribution in [-0.2, 0) is 26.2 Å². The minimum absolute atomic E-state index is 0.00550. The first-order chi connectivity index (χ1) is 14.6. The summed E-state index contributed by atoms with van der Waals surface area (Å²) < 4.78 is 39.7. The number of carbonyl (C=O) groups is 2. The Kier molecular flexibility index (Phi) is 8.55. The molecule has 0 fully saturated rings. The Hall–Kier alpha value is -2.49. The van der Waals surface area contributed by atoms with E-state index < -0.39 is 34.3 Å². The van der Waals surface area contributed by atoms with E-state index in [9.17, 15) is 22.4 Å². The molecule has 1 atom stereocenters. The van der Waals surface area contributed by atoms with Crippen molar-refractivity contribution < 1.29 is 22.4 Å². The number of nitrogens with zero attached hydrogens (tertiary/aromatic N) is 2. The molecule has 2 rings (SSSR count). The first-order valence-corrected chi connectivity index (χ1v) is 11.4. The number of hydrogen-bond donors (Lipinski definition) is 1. The first kappa shape index (κ1) is 24.8. The van der Waals surface area contributed by atoms with Crippen molar-refractivity contribution in [3.8, 4) is 0 Å². The Bertz CT molecular complexity index is 1010. The largest absolute Gasteiger partial charge is 0.355 e. The molecule has 2 amide bonds. The number of benzene rings is 2. The van der Waals surface area contributed by atoms with E-state index >= 15 is 0 Å². The lowest BCUT2D eigenvalue weighted by Gasteiger charge is -2.30. The summed E-state index contributed by atoms with van der Waals surface area (Å²) in [6, 6.07) is 10.3. The van der Waals surface area contributed by atoms with Crippen LogP contribution in [0.15, 0.2) is 53.4 Å².